The van der Waals surface area contributed by atoms with Crippen LogP contribution in [0.25, 0.3) is 38.6 Å². The van der Waals surface area contributed by atoms with E-state index in [4.69, 9.17) is 0 Å². The molecule has 0 aliphatic heterocycles. The molecule has 0 fully saturated rings. The number of hydrogen-bond acceptors (Lipinski definition) is 1. The summed E-state index contributed by atoms with van der Waals surface area (Å²) in [4.78, 5) is 0. The van der Waals surface area contributed by atoms with Crippen molar-refractivity contribution in [2.45, 2.75) is 5.41 Å². The fraction of sp³-hybridized carbons (Fsp3) is 0.0204. The largest absolute Gasteiger partial charge is 0.309 e. The van der Waals surface area contributed by atoms with Crippen LogP contribution >= 0.6 is 7.14 Å². The van der Waals surface area contributed by atoms with Crippen LogP contribution in [0.15, 0.2) is 206 Å². The van der Waals surface area contributed by atoms with E-state index in [0.29, 0.717) is 0 Å². The van der Waals surface area contributed by atoms with E-state index in [1.54, 1.807) is 0 Å². The van der Waals surface area contributed by atoms with Gasteiger partial charge in [-0.3, -0.25) is 0 Å². The zero-order valence-corrected chi connectivity index (χ0v) is 29.3. The third-order valence-electron chi connectivity index (χ3n) is 11.0. The van der Waals surface area contributed by atoms with Crippen molar-refractivity contribution in [1.82, 2.24) is 4.57 Å². The van der Waals surface area contributed by atoms with Gasteiger partial charge >= 0.3 is 0 Å². The lowest BCUT2D eigenvalue weighted by Crippen LogP contribution is -2.30. The third kappa shape index (κ3) is 4.35. The predicted octanol–water partition coefficient (Wildman–Crippen LogP) is 10.8. The van der Waals surface area contributed by atoms with Crippen molar-refractivity contribution in [2.24, 2.45) is 0 Å². The maximum atomic E-state index is 15.3. The molecule has 1 aliphatic rings. The second-order valence-corrected chi connectivity index (χ2v) is 16.4. The molecule has 0 atom stereocenters. The molecule has 1 heterocycles. The van der Waals surface area contributed by atoms with Crippen LogP contribution in [-0.4, -0.2) is 4.57 Å². The summed E-state index contributed by atoms with van der Waals surface area (Å²) in [6.45, 7) is 0. The Balaban J connectivity index is 1.19. The van der Waals surface area contributed by atoms with E-state index in [-0.39, 0.29) is 0 Å². The number of rotatable bonds is 6. The molecule has 0 saturated carbocycles. The van der Waals surface area contributed by atoms with Gasteiger partial charge in [-0.25, -0.2) is 0 Å². The number of para-hydroxylation sites is 2. The van der Waals surface area contributed by atoms with Crippen molar-refractivity contribution in [2.75, 3.05) is 0 Å². The minimum Gasteiger partial charge on any atom is -0.309 e. The number of hydrogen-bond donors (Lipinski definition) is 0. The van der Waals surface area contributed by atoms with Gasteiger partial charge in [0.05, 0.1) is 16.4 Å². The maximum Gasteiger partial charge on any atom is 0.171 e. The molecule has 8 aromatic carbocycles. The normalized spacial score (nSPS) is 13.2. The first kappa shape index (κ1) is 30.6. The molecule has 9 aromatic rings. The fourth-order valence-corrected chi connectivity index (χ4v) is 11.4. The van der Waals surface area contributed by atoms with Crippen LogP contribution in [-0.2, 0) is 9.98 Å². The molecule has 0 amide bonds. The Morgan fingerprint density at radius 1 is 0.365 bits per heavy atom. The number of benzene rings is 8. The highest BCUT2D eigenvalue weighted by molar-refractivity contribution is 7.85. The minimum atomic E-state index is -3.13. The van der Waals surface area contributed by atoms with Gasteiger partial charge in [-0.05, 0) is 57.6 Å². The van der Waals surface area contributed by atoms with E-state index in [2.05, 4.69) is 150 Å². The van der Waals surface area contributed by atoms with Gasteiger partial charge in [0.15, 0.2) is 7.14 Å². The highest BCUT2D eigenvalue weighted by Gasteiger charge is 2.46. The lowest BCUT2D eigenvalue weighted by Gasteiger charge is -2.34. The Kier molecular flexibility index (Phi) is 7.03. The summed E-state index contributed by atoms with van der Waals surface area (Å²) in [5.74, 6) is 0. The molecule has 0 unspecified atom stereocenters. The molecule has 1 aromatic heterocycles. The Morgan fingerprint density at radius 2 is 0.750 bits per heavy atom. The molecule has 1 aliphatic carbocycles. The molecule has 0 radical (unpaired) electrons. The van der Waals surface area contributed by atoms with Crippen molar-refractivity contribution in [3.05, 3.63) is 229 Å². The summed E-state index contributed by atoms with van der Waals surface area (Å²) in [6, 6.07) is 72.6. The number of nitrogens with zero attached hydrogens (tertiary/aromatic N) is 1. The first-order valence-electron chi connectivity index (χ1n) is 17.8. The van der Waals surface area contributed by atoms with Gasteiger partial charge in [-0.2, -0.15) is 0 Å². The van der Waals surface area contributed by atoms with Gasteiger partial charge in [0.1, 0.15) is 0 Å². The Morgan fingerprint density at radius 3 is 1.25 bits per heavy atom. The average Bonchev–Trinajstić information content (AvgIpc) is 3.72. The van der Waals surface area contributed by atoms with E-state index in [0.717, 1.165) is 27.2 Å². The van der Waals surface area contributed by atoms with Gasteiger partial charge in [0.2, 0.25) is 0 Å². The highest BCUT2D eigenvalue weighted by atomic mass is 31.2. The summed E-state index contributed by atoms with van der Waals surface area (Å²) < 4.78 is 17.7. The van der Waals surface area contributed by atoms with Gasteiger partial charge in [-0.15, -0.1) is 0 Å². The highest BCUT2D eigenvalue weighted by Crippen LogP contribution is 2.56. The molecule has 3 heteroatoms. The van der Waals surface area contributed by atoms with E-state index in [1.807, 2.05) is 60.7 Å². The van der Waals surface area contributed by atoms with Crippen LogP contribution in [0.1, 0.15) is 22.3 Å². The summed E-state index contributed by atoms with van der Waals surface area (Å²) >= 11 is 0. The topological polar surface area (TPSA) is 22.0 Å². The van der Waals surface area contributed by atoms with Crippen LogP contribution < -0.4 is 15.9 Å². The second kappa shape index (κ2) is 11.9. The van der Waals surface area contributed by atoms with Crippen LogP contribution in [0.4, 0.5) is 0 Å². The fourth-order valence-electron chi connectivity index (χ4n) is 8.73. The summed E-state index contributed by atoms with van der Waals surface area (Å²) in [5, 5.41) is 4.99. The maximum absolute atomic E-state index is 15.3. The molecule has 246 valence electrons. The Hall–Kier alpha value is -6.21. The Bertz CT molecular complexity index is 2660. The number of aromatic nitrogens is 1. The standard InChI is InChI=1S/C49H34NOP/c51-52(38-15-3-1-4-16-38,39-17-5-2-6-18-39)40-33-29-36(30-34-40)49(45-23-11-7-19-41(45)42-20-8-12-24-46(42)49)35-27-31-37(32-28-35)50-47-25-13-9-21-43(47)44-22-10-14-26-48(44)50/h1-34H. The van der Waals surface area contributed by atoms with Crippen LogP contribution in [0.2, 0.25) is 0 Å². The van der Waals surface area contributed by atoms with E-state index >= 15 is 4.57 Å². The molecule has 52 heavy (non-hydrogen) atoms. The van der Waals surface area contributed by atoms with Crippen molar-refractivity contribution < 1.29 is 4.57 Å². The number of fused-ring (bicyclic) bond motifs is 6. The molecular formula is C49H34NOP. The average molecular weight is 684 g/mol. The summed E-state index contributed by atoms with van der Waals surface area (Å²) in [7, 11) is -3.13. The van der Waals surface area contributed by atoms with Gasteiger partial charge < -0.3 is 9.13 Å². The zero-order valence-electron chi connectivity index (χ0n) is 28.4. The lowest BCUT2D eigenvalue weighted by atomic mass is 9.68. The third-order valence-corrected chi connectivity index (χ3v) is 14.1. The van der Waals surface area contributed by atoms with Gasteiger partial charge in [0.25, 0.3) is 0 Å². The smallest absolute Gasteiger partial charge is 0.171 e. The zero-order chi connectivity index (χ0) is 34.7. The molecular weight excluding hydrogens is 650 g/mol. The molecule has 0 spiro atoms. The molecule has 0 N–H and O–H groups in total. The summed E-state index contributed by atoms with van der Waals surface area (Å²) in [6.07, 6.45) is 0. The van der Waals surface area contributed by atoms with E-state index in [1.165, 1.54) is 49.6 Å². The Labute approximate surface area is 303 Å². The molecule has 10 rings (SSSR count). The first-order chi connectivity index (χ1) is 25.7. The predicted molar refractivity (Wildman–Crippen MR) is 217 cm³/mol. The van der Waals surface area contributed by atoms with Crippen molar-refractivity contribution >= 4 is 44.9 Å². The molecule has 0 bridgehead atoms. The minimum absolute atomic E-state index is 0.575. The monoisotopic (exact) mass is 683 g/mol. The van der Waals surface area contributed by atoms with Crippen LogP contribution in [0.3, 0.4) is 0 Å². The first-order valence-corrected chi connectivity index (χ1v) is 19.5. The SMILES string of the molecule is O=P(c1ccccc1)(c1ccccc1)c1ccc(C2(c3ccc(-n4c5ccccc5c5ccccc54)cc3)c3ccccc3-c3ccccc32)cc1. The van der Waals surface area contributed by atoms with Gasteiger partial charge in [-0.1, -0.05) is 182 Å². The van der Waals surface area contributed by atoms with Crippen molar-refractivity contribution in [3.63, 3.8) is 0 Å². The van der Waals surface area contributed by atoms with Crippen molar-refractivity contribution in [1.29, 1.82) is 0 Å². The van der Waals surface area contributed by atoms with E-state index < -0.39 is 12.6 Å². The van der Waals surface area contributed by atoms with Crippen LogP contribution in [0.5, 0.6) is 0 Å². The van der Waals surface area contributed by atoms with Crippen molar-refractivity contribution in [3.8, 4) is 16.8 Å². The van der Waals surface area contributed by atoms with Gasteiger partial charge in [0, 0.05) is 32.4 Å². The quantitative estimate of drug-likeness (QED) is 0.160. The molecule has 0 saturated heterocycles. The molecule has 2 nitrogen and oxygen atoms in total. The lowest BCUT2D eigenvalue weighted by molar-refractivity contribution is 0.592. The van der Waals surface area contributed by atoms with E-state index in [9.17, 15) is 0 Å². The summed E-state index contributed by atoms with van der Waals surface area (Å²) in [5.41, 5.74) is 10.3. The second-order valence-electron chi connectivity index (χ2n) is 13.6. The van der Waals surface area contributed by atoms with Crippen LogP contribution in [0, 0.1) is 0 Å².